The number of H-pyrrole nitrogens is 1. The second-order valence-corrected chi connectivity index (χ2v) is 3.51. The van der Waals surface area contributed by atoms with E-state index >= 15 is 0 Å². The number of rotatable bonds is 2. The highest BCUT2D eigenvalue weighted by atomic mass is 16.4. The first-order chi connectivity index (χ1) is 7.58. The van der Waals surface area contributed by atoms with E-state index in [1.807, 2.05) is 13.8 Å². The highest BCUT2D eigenvalue weighted by molar-refractivity contribution is 5.86. The van der Waals surface area contributed by atoms with Crippen molar-refractivity contribution in [2.75, 3.05) is 0 Å². The van der Waals surface area contributed by atoms with Crippen LogP contribution in [0.25, 0.3) is 11.4 Å². The molecule has 0 saturated heterocycles. The van der Waals surface area contributed by atoms with E-state index in [9.17, 15) is 4.79 Å². The number of carbonyl (C=O) groups is 1. The van der Waals surface area contributed by atoms with Gasteiger partial charge in [-0.2, -0.15) is 0 Å². The topological polar surface area (TPSA) is 78.9 Å². The van der Waals surface area contributed by atoms with Crippen molar-refractivity contribution >= 4 is 5.97 Å². The number of hydrogen-bond acceptors (Lipinski definition) is 3. The Morgan fingerprint density at radius 1 is 1.31 bits per heavy atom. The lowest BCUT2D eigenvalue weighted by molar-refractivity contribution is 0.0690. The Hall–Kier alpha value is -2.17. The van der Waals surface area contributed by atoms with Crippen molar-refractivity contribution in [3.8, 4) is 11.4 Å². The predicted molar refractivity (Wildman–Crippen MR) is 58.3 cm³/mol. The summed E-state index contributed by atoms with van der Waals surface area (Å²) >= 11 is 0. The second kappa shape index (κ2) is 3.77. The number of nitrogens with one attached hydrogen (secondary N) is 1. The fraction of sp³-hybridized carbons (Fsp3) is 0.182. The molecule has 0 saturated carbocycles. The summed E-state index contributed by atoms with van der Waals surface area (Å²) in [5, 5.41) is 8.84. The summed E-state index contributed by atoms with van der Waals surface area (Å²) < 4.78 is 0. The van der Waals surface area contributed by atoms with Gasteiger partial charge in [0.15, 0.2) is 0 Å². The summed E-state index contributed by atoms with van der Waals surface area (Å²) in [6.45, 7) is 3.72. The maximum Gasteiger partial charge on any atom is 0.354 e. The summed E-state index contributed by atoms with van der Waals surface area (Å²) in [4.78, 5) is 22.1. The lowest BCUT2D eigenvalue weighted by atomic mass is 10.2. The third kappa shape index (κ3) is 1.79. The van der Waals surface area contributed by atoms with Gasteiger partial charge in [0.05, 0.1) is 5.69 Å². The Morgan fingerprint density at radius 2 is 2.06 bits per heavy atom. The van der Waals surface area contributed by atoms with Crippen LogP contribution >= 0.6 is 0 Å². The van der Waals surface area contributed by atoms with Crippen LogP contribution in [0.15, 0.2) is 18.2 Å². The van der Waals surface area contributed by atoms with Crippen LogP contribution in [0.5, 0.6) is 0 Å². The Kier molecular flexibility index (Phi) is 2.44. The van der Waals surface area contributed by atoms with Crippen LogP contribution < -0.4 is 0 Å². The van der Waals surface area contributed by atoms with Gasteiger partial charge in [-0.05, 0) is 26.0 Å². The van der Waals surface area contributed by atoms with Gasteiger partial charge in [-0.15, -0.1) is 0 Å². The van der Waals surface area contributed by atoms with Crippen LogP contribution in [0, 0.1) is 13.8 Å². The molecule has 5 heteroatoms. The SMILES string of the molecule is Cc1nc(-c2cccc(C(=O)O)n2)c(C)[nH]1. The van der Waals surface area contributed by atoms with Crippen LogP contribution in [-0.4, -0.2) is 26.0 Å². The van der Waals surface area contributed by atoms with Gasteiger partial charge < -0.3 is 10.1 Å². The van der Waals surface area contributed by atoms with Gasteiger partial charge in [-0.25, -0.2) is 14.8 Å². The minimum Gasteiger partial charge on any atom is -0.477 e. The van der Waals surface area contributed by atoms with Crippen molar-refractivity contribution in [1.82, 2.24) is 15.0 Å². The molecule has 0 fully saturated rings. The summed E-state index contributed by atoms with van der Waals surface area (Å²) in [5.74, 6) is -0.248. The second-order valence-electron chi connectivity index (χ2n) is 3.51. The van der Waals surface area contributed by atoms with Gasteiger partial charge in [0.1, 0.15) is 17.2 Å². The van der Waals surface area contributed by atoms with Crippen LogP contribution in [0.2, 0.25) is 0 Å². The number of carboxylic acids is 1. The number of imidazole rings is 1. The zero-order valence-electron chi connectivity index (χ0n) is 8.98. The standard InChI is InChI=1S/C11H11N3O2/c1-6-10(13-7(2)12-6)8-4-3-5-9(14-8)11(15)16/h3-5H,1-2H3,(H,12,13)(H,15,16). The maximum atomic E-state index is 10.8. The van der Waals surface area contributed by atoms with Crippen LogP contribution in [0.3, 0.4) is 0 Å². The quantitative estimate of drug-likeness (QED) is 0.803. The van der Waals surface area contributed by atoms with Gasteiger partial charge in [0.25, 0.3) is 0 Å². The molecule has 0 atom stereocenters. The molecule has 2 aromatic rings. The number of carboxylic acid groups (broad SMARTS) is 1. The predicted octanol–water partition coefficient (Wildman–Crippen LogP) is 1.79. The molecule has 2 heterocycles. The third-order valence-electron chi connectivity index (χ3n) is 2.21. The Balaban J connectivity index is 2.52. The first-order valence-electron chi connectivity index (χ1n) is 4.82. The van der Waals surface area contributed by atoms with E-state index in [0.29, 0.717) is 11.4 Å². The number of nitrogens with zero attached hydrogens (tertiary/aromatic N) is 2. The van der Waals surface area contributed by atoms with Gasteiger partial charge in [-0.3, -0.25) is 0 Å². The minimum atomic E-state index is -1.04. The number of aromatic amines is 1. The minimum absolute atomic E-state index is 0.0255. The van der Waals surface area contributed by atoms with E-state index in [1.54, 1.807) is 12.1 Å². The average molecular weight is 217 g/mol. The fourth-order valence-corrected chi connectivity index (χ4v) is 1.55. The van der Waals surface area contributed by atoms with Crippen molar-refractivity contribution in [1.29, 1.82) is 0 Å². The van der Waals surface area contributed by atoms with Crippen molar-refractivity contribution in [2.24, 2.45) is 0 Å². The molecular weight excluding hydrogens is 206 g/mol. The molecule has 16 heavy (non-hydrogen) atoms. The molecule has 0 unspecified atom stereocenters. The van der Waals surface area contributed by atoms with Gasteiger partial charge in [-0.1, -0.05) is 6.07 Å². The van der Waals surface area contributed by atoms with E-state index in [4.69, 9.17) is 5.11 Å². The third-order valence-corrected chi connectivity index (χ3v) is 2.21. The molecule has 0 aliphatic carbocycles. The molecule has 5 nitrogen and oxygen atoms in total. The lowest BCUT2D eigenvalue weighted by Gasteiger charge is -1.99. The molecule has 82 valence electrons. The summed E-state index contributed by atoms with van der Waals surface area (Å²) in [7, 11) is 0. The zero-order valence-corrected chi connectivity index (χ0v) is 8.98. The molecule has 0 aliphatic heterocycles. The van der Waals surface area contributed by atoms with Gasteiger partial charge in [0, 0.05) is 5.69 Å². The van der Waals surface area contributed by atoms with Gasteiger partial charge in [0.2, 0.25) is 0 Å². The molecule has 0 aromatic carbocycles. The molecule has 0 spiro atoms. The summed E-state index contributed by atoms with van der Waals surface area (Å²) in [5.41, 5.74) is 2.17. The number of hydrogen-bond donors (Lipinski definition) is 2. The Labute approximate surface area is 92.2 Å². The van der Waals surface area contributed by atoms with Gasteiger partial charge >= 0.3 is 5.97 Å². The molecule has 0 amide bonds. The molecule has 0 radical (unpaired) electrons. The van der Waals surface area contributed by atoms with E-state index in [2.05, 4.69) is 15.0 Å². The number of aryl methyl sites for hydroxylation is 2. The van der Waals surface area contributed by atoms with Crippen molar-refractivity contribution in [2.45, 2.75) is 13.8 Å². The molecular formula is C11H11N3O2. The number of pyridine rings is 1. The maximum absolute atomic E-state index is 10.8. The van der Waals surface area contributed by atoms with Crippen LogP contribution in [0.4, 0.5) is 0 Å². The van der Waals surface area contributed by atoms with Crippen LogP contribution in [0.1, 0.15) is 22.0 Å². The van der Waals surface area contributed by atoms with E-state index in [0.717, 1.165) is 11.5 Å². The first-order valence-corrected chi connectivity index (χ1v) is 4.82. The van der Waals surface area contributed by atoms with Crippen molar-refractivity contribution in [3.05, 3.63) is 35.4 Å². The molecule has 0 bridgehead atoms. The van der Waals surface area contributed by atoms with Crippen LogP contribution in [-0.2, 0) is 0 Å². The Morgan fingerprint density at radius 3 is 2.62 bits per heavy atom. The monoisotopic (exact) mass is 217 g/mol. The molecule has 2 N–H and O–H groups in total. The van der Waals surface area contributed by atoms with E-state index in [-0.39, 0.29) is 5.69 Å². The largest absolute Gasteiger partial charge is 0.477 e. The normalized spacial score (nSPS) is 10.4. The molecule has 2 rings (SSSR count). The molecule has 0 aliphatic rings. The fourth-order valence-electron chi connectivity index (χ4n) is 1.55. The van der Waals surface area contributed by atoms with Crippen molar-refractivity contribution < 1.29 is 9.90 Å². The highest BCUT2D eigenvalue weighted by Crippen LogP contribution is 2.18. The smallest absolute Gasteiger partial charge is 0.354 e. The van der Waals surface area contributed by atoms with E-state index < -0.39 is 5.97 Å². The number of aromatic carboxylic acids is 1. The number of aromatic nitrogens is 3. The summed E-state index contributed by atoms with van der Waals surface area (Å²) in [6.07, 6.45) is 0. The average Bonchev–Trinajstić information content (AvgIpc) is 2.58. The zero-order chi connectivity index (χ0) is 11.7. The summed E-state index contributed by atoms with van der Waals surface area (Å²) in [6, 6.07) is 4.87. The Bertz CT molecular complexity index is 546. The first kappa shape index (κ1) is 10.4. The highest BCUT2D eigenvalue weighted by Gasteiger charge is 2.11. The van der Waals surface area contributed by atoms with Crippen molar-refractivity contribution in [3.63, 3.8) is 0 Å². The molecule has 2 aromatic heterocycles. The van der Waals surface area contributed by atoms with E-state index in [1.165, 1.54) is 6.07 Å². The lowest BCUT2D eigenvalue weighted by Crippen LogP contribution is -2.00.